The van der Waals surface area contributed by atoms with Gasteiger partial charge in [0.05, 0.1) is 15.9 Å². The number of amides is 1. The Morgan fingerprint density at radius 3 is 2.15 bits per heavy atom. The van der Waals surface area contributed by atoms with Gasteiger partial charge in [0.25, 0.3) is 5.91 Å². The summed E-state index contributed by atoms with van der Waals surface area (Å²) in [4.78, 5) is 13.8. The first-order chi connectivity index (χ1) is 16.1. The van der Waals surface area contributed by atoms with E-state index in [1.54, 1.807) is 56.6 Å². The SMILES string of the molecule is C[C@H](Cc1ccc(S(=O)(=O)c2ccc(C(=O)N(C)C)cc2)cc1)NC[C@@H](O)c1cccc(Cl)c1. The van der Waals surface area contributed by atoms with Crippen molar-refractivity contribution >= 4 is 27.3 Å². The molecular formula is C26H29ClN2O4S. The Hall–Kier alpha value is -2.71. The van der Waals surface area contributed by atoms with E-state index in [0.29, 0.717) is 23.6 Å². The van der Waals surface area contributed by atoms with Crippen LogP contribution in [0.2, 0.25) is 5.02 Å². The molecule has 34 heavy (non-hydrogen) atoms. The molecule has 0 aliphatic carbocycles. The zero-order valence-electron chi connectivity index (χ0n) is 19.4. The summed E-state index contributed by atoms with van der Waals surface area (Å²) < 4.78 is 25.9. The smallest absolute Gasteiger partial charge is 0.253 e. The number of sulfone groups is 1. The highest BCUT2D eigenvalue weighted by Crippen LogP contribution is 2.22. The van der Waals surface area contributed by atoms with Gasteiger partial charge in [0.15, 0.2) is 0 Å². The van der Waals surface area contributed by atoms with Crippen LogP contribution in [0.4, 0.5) is 0 Å². The largest absolute Gasteiger partial charge is 0.387 e. The first kappa shape index (κ1) is 25.9. The maximum atomic E-state index is 13.0. The lowest BCUT2D eigenvalue weighted by atomic mass is 10.1. The molecule has 1 amide bonds. The predicted octanol–water partition coefficient (Wildman–Crippen LogP) is 4.13. The monoisotopic (exact) mass is 500 g/mol. The summed E-state index contributed by atoms with van der Waals surface area (Å²) >= 11 is 5.98. The van der Waals surface area contributed by atoms with Crippen LogP contribution >= 0.6 is 11.6 Å². The van der Waals surface area contributed by atoms with Crippen molar-refractivity contribution in [3.63, 3.8) is 0 Å². The minimum absolute atomic E-state index is 0.0677. The average Bonchev–Trinajstić information content (AvgIpc) is 2.82. The van der Waals surface area contributed by atoms with Crippen LogP contribution in [0, 0.1) is 0 Å². The van der Waals surface area contributed by atoms with Gasteiger partial charge in [0.2, 0.25) is 9.84 Å². The third-order valence-corrected chi connectivity index (χ3v) is 7.51. The molecule has 3 aromatic carbocycles. The Morgan fingerprint density at radius 1 is 1.00 bits per heavy atom. The van der Waals surface area contributed by atoms with Crippen molar-refractivity contribution in [2.24, 2.45) is 0 Å². The van der Waals surface area contributed by atoms with Gasteiger partial charge < -0.3 is 15.3 Å². The number of aliphatic hydroxyl groups is 1. The van der Waals surface area contributed by atoms with Gasteiger partial charge in [0, 0.05) is 37.3 Å². The van der Waals surface area contributed by atoms with Crippen LogP contribution in [-0.4, -0.2) is 51.0 Å². The molecular weight excluding hydrogens is 472 g/mol. The summed E-state index contributed by atoms with van der Waals surface area (Å²) in [5.74, 6) is -0.184. The van der Waals surface area contributed by atoms with E-state index in [9.17, 15) is 18.3 Å². The number of nitrogens with one attached hydrogen (secondary N) is 1. The van der Waals surface area contributed by atoms with E-state index in [0.717, 1.165) is 11.1 Å². The third kappa shape index (κ3) is 6.45. The molecule has 2 atom stereocenters. The van der Waals surface area contributed by atoms with Gasteiger partial charge in [-0.3, -0.25) is 4.79 Å². The molecule has 0 spiro atoms. The number of carbonyl (C=O) groups is 1. The summed E-state index contributed by atoms with van der Waals surface area (Å²) in [6.07, 6.45) is -0.00250. The highest BCUT2D eigenvalue weighted by molar-refractivity contribution is 7.91. The summed E-state index contributed by atoms with van der Waals surface area (Å²) in [5.41, 5.74) is 2.16. The first-order valence-electron chi connectivity index (χ1n) is 10.9. The number of hydrogen-bond acceptors (Lipinski definition) is 5. The summed E-state index contributed by atoms with van der Waals surface area (Å²) in [5, 5.41) is 14.2. The number of rotatable bonds is 9. The number of hydrogen-bond donors (Lipinski definition) is 2. The topological polar surface area (TPSA) is 86.7 Å². The summed E-state index contributed by atoms with van der Waals surface area (Å²) in [7, 11) is -0.397. The molecule has 0 radical (unpaired) electrons. The minimum Gasteiger partial charge on any atom is -0.387 e. The fourth-order valence-electron chi connectivity index (χ4n) is 3.55. The predicted molar refractivity (Wildman–Crippen MR) is 134 cm³/mol. The van der Waals surface area contributed by atoms with Gasteiger partial charge in [-0.25, -0.2) is 8.42 Å². The third-order valence-electron chi connectivity index (χ3n) is 5.49. The molecule has 0 unspecified atom stereocenters. The molecule has 8 heteroatoms. The zero-order chi connectivity index (χ0) is 24.9. The Balaban J connectivity index is 1.61. The molecule has 0 bridgehead atoms. The lowest BCUT2D eigenvalue weighted by Gasteiger charge is -2.18. The minimum atomic E-state index is -3.69. The normalized spacial score (nSPS) is 13.3. The van der Waals surface area contributed by atoms with Crippen molar-refractivity contribution in [3.05, 3.63) is 94.5 Å². The molecule has 0 aliphatic heterocycles. The number of nitrogens with zero attached hydrogens (tertiary/aromatic N) is 1. The quantitative estimate of drug-likeness (QED) is 0.461. The summed E-state index contributed by atoms with van der Waals surface area (Å²) in [6, 6.07) is 19.9. The standard InChI is InChI=1S/C26H29ClN2O4S/c1-18(28-17-25(30)21-5-4-6-22(27)16-21)15-19-7-11-23(12-8-19)34(32,33)24-13-9-20(10-14-24)26(31)29(2)3/h4-14,16,18,25,28,30H,15,17H2,1-3H3/t18-,25-/m1/s1. The van der Waals surface area contributed by atoms with E-state index < -0.39 is 15.9 Å². The van der Waals surface area contributed by atoms with Crippen LogP contribution in [-0.2, 0) is 16.3 Å². The molecule has 0 aromatic heterocycles. The van der Waals surface area contributed by atoms with Crippen LogP contribution in [0.25, 0.3) is 0 Å². The molecule has 2 N–H and O–H groups in total. The maximum absolute atomic E-state index is 13.0. The second-order valence-corrected chi connectivity index (χ2v) is 10.8. The summed E-state index contributed by atoms with van der Waals surface area (Å²) in [6.45, 7) is 2.38. The lowest BCUT2D eigenvalue weighted by molar-refractivity contribution is 0.0827. The fraction of sp³-hybridized carbons (Fsp3) is 0.269. The first-order valence-corrected chi connectivity index (χ1v) is 12.8. The molecule has 180 valence electrons. The van der Waals surface area contributed by atoms with Gasteiger partial charge in [-0.05, 0) is 73.0 Å². The molecule has 6 nitrogen and oxygen atoms in total. The van der Waals surface area contributed by atoms with Crippen LogP contribution in [0.1, 0.15) is 34.5 Å². The average molecular weight is 501 g/mol. The lowest BCUT2D eigenvalue weighted by Crippen LogP contribution is -2.32. The van der Waals surface area contributed by atoms with Gasteiger partial charge in [-0.1, -0.05) is 35.9 Å². The molecule has 0 saturated carbocycles. The van der Waals surface area contributed by atoms with Crippen LogP contribution in [0.3, 0.4) is 0 Å². The van der Waals surface area contributed by atoms with Crippen molar-refractivity contribution in [2.75, 3.05) is 20.6 Å². The van der Waals surface area contributed by atoms with Gasteiger partial charge in [-0.15, -0.1) is 0 Å². The number of aliphatic hydroxyl groups excluding tert-OH is 1. The number of halogens is 1. The Labute approximate surface area is 206 Å². The fourth-order valence-corrected chi connectivity index (χ4v) is 5.01. The van der Waals surface area contributed by atoms with Gasteiger partial charge >= 0.3 is 0 Å². The second-order valence-electron chi connectivity index (χ2n) is 8.46. The van der Waals surface area contributed by atoms with Crippen LogP contribution < -0.4 is 5.32 Å². The van der Waals surface area contributed by atoms with E-state index in [1.165, 1.54) is 29.2 Å². The second kappa shape index (κ2) is 11.1. The molecule has 0 aliphatic rings. The number of benzene rings is 3. The van der Waals surface area contributed by atoms with Gasteiger partial charge in [0.1, 0.15) is 0 Å². The molecule has 0 fully saturated rings. The van der Waals surface area contributed by atoms with Crippen molar-refractivity contribution in [1.29, 1.82) is 0 Å². The van der Waals surface area contributed by atoms with Crippen molar-refractivity contribution < 1.29 is 18.3 Å². The van der Waals surface area contributed by atoms with E-state index >= 15 is 0 Å². The highest BCUT2D eigenvalue weighted by atomic mass is 35.5. The van der Waals surface area contributed by atoms with E-state index in [1.807, 2.05) is 13.0 Å². The van der Waals surface area contributed by atoms with Gasteiger partial charge in [-0.2, -0.15) is 0 Å². The van der Waals surface area contributed by atoms with E-state index in [-0.39, 0.29) is 21.7 Å². The molecule has 0 heterocycles. The highest BCUT2D eigenvalue weighted by Gasteiger charge is 2.19. The van der Waals surface area contributed by atoms with Crippen LogP contribution in [0.15, 0.2) is 82.6 Å². The Kier molecular flexibility index (Phi) is 8.49. The Morgan fingerprint density at radius 2 is 1.59 bits per heavy atom. The number of carbonyl (C=O) groups excluding carboxylic acids is 1. The molecule has 3 rings (SSSR count). The van der Waals surface area contributed by atoms with Crippen molar-refractivity contribution in [1.82, 2.24) is 10.2 Å². The Bertz CT molecular complexity index is 1230. The molecule has 3 aromatic rings. The van der Waals surface area contributed by atoms with Crippen molar-refractivity contribution in [3.8, 4) is 0 Å². The maximum Gasteiger partial charge on any atom is 0.253 e. The zero-order valence-corrected chi connectivity index (χ0v) is 21.0. The van der Waals surface area contributed by atoms with E-state index in [4.69, 9.17) is 11.6 Å². The van der Waals surface area contributed by atoms with Crippen molar-refractivity contribution in [2.45, 2.75) is 35.3 Å². The van der Waals surface area contributed by atoms with E-state index in [2.05, 4.69) is 5.32 Å². The van der Waals surface area contributed by atoms with Crippen LogP contribution in [0.5, 0.6) is 0 Å². The molecule has 0 saturated heterocycles.